The molecule has 2 aromatic rings. The van der Waals surface area contributed by atoms with E-state index in [1.54, 1.807) is 18.2 Å². The summed E-state index contributed by atoms with van der Waals surface area (Å²) in [6.07, 6.45) is -4.37. The highest BCUT2D eigenvalue weighted by Crippen LogP contribution is 2.54. The maximum Gasteiger partial charge on any atom is 0.416 e. The molecular formula is C23H21F3N2O4. The lowest BCUT2D eigenvalue weighted by Crippen LogP contribution is -2.37. The number of primary amides is 1. The Kier molecular flexibility index (Phi) is 6.17. The van der Waals surface area contributed by atoms with Gasteiger partial charge in [0.25, 0.3) is 0 Å². The number of nitrogens with zero attached hydrogens (tertiary/aromatic N) is 1. The molecule has 1 unspecified atom stereocenters. The first-order valence-corrected chi connectivity index (χ1v) is 9.80. The second kappa shape index (κ2) is 8.54. The predicted octanol–water partition coefficient (Wildman–Crippen LogP) is 3.96. The molecule has 1 saturated carbocycles. The molecule has 1 atom stereocenters. The quantitative estimate of drug-likeness (QED) is 0.637. The molecule has 0 bridgehead atoms. The van der Waals surface area contributed by atoms with Crippen LogP contribution < -0.4 is 10.5 Å². The molecule has 0 aromatic heterocycles. The van der Waals surface area contributed by atoms with Gasteiger partial charge in [0.2, 0.25) is 5.91 Å². The number of carboxylic acid groups (broad SMARTS) is 1. The maximum atomic E-state index is 13.4. The van der Waals surface area contributed by atoms with Gasteiger partial charge in [-0.3, -0.25) is 9.59 Å². The molecule has 1 amide bonds. The fourth-order valence-electron chi connectivity index (χ4n) is 4.00. The van der Waals surface area contributed by atoms with Crippen LogP contribution in [-0.4, -0.2) is 24.1 Å². The number of amides is 1. The van der Waals surface area contributed by atoms with Gasteiger partial charge in [0.05, 0.1) is 36.5 Å². The number of hydrogen-bond donors (Lipinski definition) is 2. The minimum absolute atomic E-state index is 0.0823. The number of carbonyl (C=O) groups excluding carboxylic acids is 1. The van der Waals surface area contributed by atoms with Crippen LogP contribution in [0.5, 0.6) is 5.75 Å². The predicted molar refractivity (Wildman–Crippen MR) is 108 cm³/mol. The Hall–Kier alpha value is -3.54. The number of aliphatic carboxylic acids is 1. The van der Waals surface area contributed by atoms with Crippen LogP contribution in [0.1, 0.15) is 29.5 Å². The van der Waals surface area contributed by atoms with Gasteiger partial charge in [0, 0.05) is 5.56 Å². The lowest BCUT2D eigenvalue weighted by molar-refractivity contribution is -0.148. The Morgan fingerprint density at radius 1 is 1.22 bits per heavy atom. The summed E-state index contributed by atoms with van der Waals surface area (Å²) in [5, 5.41) is 18.6. The molecule has 1 aliphatic carbocycles. The number of alkyl halides is 3. The zero-order chi connectivity index (χ0) is 23.7. The van der Waals surface area contributed by atoms with E-state index in [0.29, 0.717) is 22.4 Å². The molecule has 2 aromatic carbocycles. The number of nitriles is 1. The third kappa shape index (κ3) is 4.40. The fourth-order valence-corrected chi connectivity index (χ4v) is 4.00. The molecule has 0 heterocycles. The van der Waals surface area contributed by atoms with Gasteiger partial charge in [-0.25, -0.2) is 0 Å². The summed E-state index contributed by atoms with van der Waals surface area (Å²) < 4.78 is 45.7. The van der Waals surface area contributed by atoms with Crippen molar-refractivity contribution in [2.24, 2.45) is 17.1 Å². The minimum atomic E-state index is -4.63. The largest absolute Gasteiger partial charge is 0.496 e. The third-order valence-corrected chi connectivity index (χ3v) is 5.92. The van der Waals surface area contributed by atoms with Crippen LogP contribution in [0.2, 0.25) is 0 Å². The summed E-state index contributed by atoms with van der Waals surface area (Å²) in [4.78, 5) is 23.9. The van der Waals surface area contributed by atoms with Crippen molar-refractivity contribution in [3.63, 3.8) is 0 Å². The van der Waals surface area contributed by atoms with Gasteiger partial charge in [0.1, 0.15) is 5.75 Å². The van der Waals surface area contributed by atoms with Crippen molar-refractivity contribution in [1.29, 1.82) is 5.26 Å². The standard InChI is InChI=1S/C23H21F3N2O4/c1-32-19-5-2-13(6-9-27)10-17(19)16-4-3-15(23(24,25)26)11-14(16)12-18(20(28)29)22(7-8-22)21(30)31/h2-5,10-11,18H,6-8,12H2,1H3,(H2,28,29)(H,30,31). The summed E-state index contributed by atoms with van der Waals surface area (Å²) in [7, 11) is 1.41. The zero-order valence-corrected chi connectivity index (χ0v) is 17.2. The number of halogens is 3. The summed E-state index contributed by atoms with van der Waals surface area (Å²) in [5.74, 6) is -2.87. The molecule has 0 radical (unpaired) electrons. The Morgan fingerprint density at radius 3 is 2.41 bits per heavy atom. The summed E-state index contributed by atoms with van der Waals surface area (Å²) in [5.41, 5.74) is 4.74. The topological polar surface area (TPSA) is 113 Å². The minimum Gasteiger partial charge on any atom is -0.496 e. The summed E-state index contributed by atoms with van der Waals surface area (Å²) >= 11 is 0. The smallest absolute Gasteiger partial charge is 0.416 e. The molecule has 32 heavy (non-hydrogen) atoms. The van der Waals surface area contributed by atoms with Crippen LogP contribution in [0.25, 0.3) is 11.1 Å². The van der Waals surface area contributed by atoms with Crippen LogP contribution in [0.15, 0.2) is 36.4 Å². The average Bonchev–Trinajstić information content (AvgIpc) is 3.53. The number of benzene rings is 2. The number of methoxy groups -OCH3 is 1. The SMILES string of the molecule is COc1ccc(CC#N)cc1-c1ccc(C(F)(F)F)cc1CC(C(N)=O)C1(C(=O)O)CC1. The van der Waals surface area contributed by atoms with Crippen molar-refractivity contribution in [2.75, 3.05) is 7.11 Å². The van der Waals surface area contributed by atoms with Gasteiger partial charge in [0.15, 0.2) is 0 Å². The zero-order valence-electron chi connectivity index (χ0n) is 17.2. The van der Waals surface area contributed by atoms with Crippen molar-refractivity contribution in [1.82, 2.24) is 0 Å². The van der Waals surface area contributed by atoms with E-state index in [1.807, 2.05) is 6.07 Å². The van der Waals surface area contributed by atoms with Crippen LogP contribution >= 0.6 is 0 Å². The molecule has 3 N–H and O–H groups in total. The van der Waals surface area contributed by atoms with E-state index in [-0.39, 0.29) is 31.2 Å². The first-order valence-electron chi connectivity index (χ1n) is 9.80. The first kappa shape index (κ1) is 23.1. The fraction of sp³-hybridized carbons (Fsp3) is 0.348. The molecule has 168 valence electrons. The molecule has 1 fully saturated rings. The van der Waals surface area contributed by atoms with Crippen molar-refractivity contribution >= 4 is 11.9 Å². The molecule has 3 rings (SSSR count). The van der Waals surface area contributed by atoms with Gasteiger partial charge in [-0.1, -0.05) is 12.1 Å². The Labute approximate surface area is 182 Å². The molecule has 1 aliphatic rings. The van der Waals surface area contributed by atoms with Crippen molar-refractivity contribution in [3.05, 3.63) is 53.1 Å². The molecular weight excluding hydrogens is 425 g/mol. The normalized spacial score (nSPS) is 15.5. The Balaban J connectivity index is 2.19. The molecule has 0 saturated heterocycles. The van der Waals surface area contributed by atoms with Crippen LogP contribution in [-0.2, 0) is 28.6 Å². The highest BCUT2D eigenvalue weighted by molar-refractivity contribution is 5.89. The number of carboxylic acids is 1. The maximum absolute atomic E-state index is 13.4. The molecule has 6 nitrogen and oxygen atoms in total. The average molecular weight is 446 g/mol. The van der Waals surface area contributed by atoms with E-state index in [9.17, 15) is 27.9 Å². The Bertz CT molecular complexity index is 1100. The van der Waals surface area contributed by atoms with Crippen LogP contribution in [0.3, 0.4) is 0 Å². The lowest BCUT2D eigenvalue weighted by Gasteiger charge is -2.23. The summed E-state index contributed by atoms with van der Waals surface area (Å²) in [6, 6.07) is 10.0. The monoisotopic (exact) mass is 446 g/mol. The van der Waals surface area contributed by atoms with Gasteiger partial charge in [-0.05, 0) is 60.2 Å². The van der Waals surface area contributed by atoms with E-state index in [1.165, 1.54) is 13.2 Å². The van der Waals surface area contributed by atoms with E-state index in [0.717, 1.165) is 12.1 Å². The summed E-state index contributed by atoms with van der Waals surface area (Å²) in [6.45, 7) is 0. The molecule has 0 spiro atoms. The van der Waals surface area contributed by atoms with E-state index in [4.69, 9.17) is 15.7 Å². The van der Waals surface area contributed by atoms with E-state index >= 15 is 0 Å². The molecule has 9 heteroatoms. The van der Waals surface area contributed by atoms with Crippen molar-refractivity contribution in [2.45, 2.75) is 31.9 Å². The Morgan fingerprint density at radius 2 is 1.91 bits per heavy atom. The highest BCUT2D eigenvalue weighted by Gasteiger charge is 2.58. The second-order valence-electron chi connectivity index (χ2n) is 7.86. The van der Waals surface area contributed by atoms with Crippen molar-refractivity contribution in [3.8, 4) is 22.9 Å². The van der Waals surface area contributed by atoms with E-state index in [2.05, 4.69) is 0 Å². The van der Waals surface area contributed by atoms with Gasteiger partial charge < -0.3 is 15.6 Å². The number of nitrogens with two attached hydrogens (primary N) is 1. The number of rotatable bonds is 8. The van der Waals surface area contributed by atoms with Crippen LogP contribution in [0.4, 0.5) is 13.2 Å². The van der Waals surface area contributed by atoms with Gasteiger partial charge >= 0.3 is 12.1 Å². The van der Waals surface area contributed by atoms with Gasteiger partial charge in [-0.2, -0.15) is 18.4 Å². The van der Waals surface area contributed by atoms with Crippen LogP contribution in [0, 0.1) is 22.7 Å². The number of hydrogen-bond acceptors (Lipinski definition) is 4. The van der Waals surface area contributed by atoms with E-state index < -0.39 is 34.9 Å². The second-order valence-corrected chi connectivity index (χ2v) is 7.86. The number of ether oxygens (including phenoxy) is 1. The first-order chi connectivity index (χ1) is 15.0. The highest BCUT2D eigenvalue weighted by atomic mass is 19.4. The number of carbonyl (C=O) groups is 2. The third-order valence-electron chi connectivity index (χ3n) is 5.92. The van der Waals surface area contributed by atoms with Crippen molar-refractivity contribution < 1.29 is 32.6 Å². The lowest BCUT2D eigenvalue weighted by atomic mass is 9.81. The van der Waals surface area contributed by atoms with Gasteiger partial charge in [-0.15, -0.1) is 0 Å². The molecule has 0 aliphatic heterocycles.